The van der Waals surface area contributed by atoms with Crippen LogP contribution in [0.3, 0.4) is 0 Å². The summed E-state index contributed by atoms with van der Waals surface area (Å²) in [6.45, 7) is 0.301. The van der Waals surface area contributed by atoms with E-state index in [1.54, 1.807) is 5.01 Å². The molecule has 18 heavy (non-hydrogen) atoms. The van der Waals surface area contributed by atoms with Crippen molar-refractivity contribution >= 4 is 24.1 Å². The summed E-state index contributed by atoms with van der Waals surface area (Å²) in [5.74, 6) is -0.143. The molecule has 0 saturated heterocycles. The monoisotopic (exact) mass is 243 g/mol. The molecule has 1 N–H and O–H groups in total. The van der Waals surface area contributed by atoms with Gasteiger partial charge in [-0.1, -0.05) is 30.3 Å². The van der Waals surface area contributed by atoms with E-state index in [1.165, 1.54) is 12.3 Å². The molecular formula is C13H13N3O2. The Labute approximate surface area is 105 Å². The summed E-state index contributed by atoms with van der Waals surface area (Å²) in [4.78, 5) is 21.7. The molecule has 0 aliphatic carbocycles. The van der Waals surface area contributed by atoms with Gasteiger partial charge in [-0.25, -0.2) is 5.01 Å². The van der Waals surface area contributed by atoms with Gasteiger partial charge in [-0.3, -0.25) is 4.79 Å². The molecule has 1 amide bonds. The maximum absolute atomic E-state index is 11.4. The zero-order valence-electron chi connectivity index (χ0n) is 9.74. The quantitative estimate of drug-likeness (QED) is 0.633. The van der Waals surface area contributed by atoms with Gasteiger partial charge in [-0.2, -0.15) is 5.10 Å². The average Bonchev–Trinajstić information content (AvgIpc) is 2.41. The van der Waals surface area contributed by atoms with E-state index in [1.807, 2.05) is 30.3 Å². The number of amides is 1. The van der Waals surface area contributed by atoms with Crippen molar-refractivity contribution in [3.8, 4) is 0 Å². The SMILES string of the molecule is O=CC/C=N\N1CNC(=O)C=C1c1ccccc1. The summed E-state index contributed by atoms with van der Waals surface area (Å²) >= 11 is 0. The number of nitrogens with zero attached hydrogens (tertiary/aromatic N) is 2. The average molecular weight is 243 g/mol. The lowest BCUT2D eigenvalue weighted by atomic mass is 10.1. The Kier molecular flexibility index (Phi) is 3.86. The minimum absolute atomic E-state index is 0.143. The molecule has 1 aliphatic heterocycles. The molecule has 1 aromatic carbocycles. The van der Waals surface area contributed by atoms with Crippen LogP contribution in [-0.4, -0.2) is 30.1 Å². The van der Waals surface area contributed by atoms with Crippen LogP contribution in [0.1, 0.15) is 12.0 Å². The molecule has 0 atom stereocenters. The standard InChI is InChI=1S/C13H13N3O2/c17-8-4-7-15-16-10-14-13(18)9-12(16)11-5-2-1-3-6-11/h1-3,5-9H,4,10H2,(H,14,18)/b15-7-. The maximum atomic E-state index is 11.4. The van der Waals surface area contributed by atoms with E-state index in [0.29, 0.717) is 6.67 Å². The van der Waals surface area contributed by atoms with Gasteiger partial charge in [0.2, 0.25) is 5.91 Å². The molecule has 1 heterocycles. The van der Waals surface area contributed by atoms with E-state index >= 15 is 0 Å². The molecular weight excluding hydrogens is 230 g/mol. The number of benzene rings is 1. The van der Waals surface area contributed by atoms with Crippen LogP contribution in [0.25, 0.3) is 5.70 Å². The van der Waals surface area contributed by atoms with Crippen LogP contribution < -0.4 is 5.32 Å². The van der Waals surface area contributed by atoms with Crippen LogP contribution >= 0.6 is 0 Å². The Bertz CT molecular complexity index is 494. The molecule has 92 valence electrons. The van der Waals surface area contributed by atoms with E-state index in [-0.39, 0.29) is 12.3 Å². The first-order valence-electron chi connectivity index (χ1n) is 5.60. The Hall–Kier alpha value is -2.43. The van der Waals surface area contributed by atoms with Gasteiger partial charge in [0.25, 0.3) is 0 Å². The minimum Gasteiger partial charge on any atom is -0.333 e. The van der Waals surface area contributed by atoms with Gasteiger partial charge in [0.15, 0.2) is 0 Å². The fraction of sp³-hybridized carbons (Fsp3) is 0.154. The van der Waals surface area contributed by atoms with Crippen molar-refractivity contribution in [2.75, 3.05) is 6.67 Å². The Morgan fingerprint density at radius 2 is 2.11 bits per heavy atom. The number of hydrazone groups is 1. The Morgan fingerprint density at radius 3 is 2.83 bits per heavy atom. The summed E-state index contributed by atoms with van der Waals surface area (Å²) < 4.78 is 0. The smallest absolute Gasteiger partial charge is 0.247 e. The number of hydrogen-bond donors (Lipinski definition) is 1. The number of nitrogens with one attached hydrogen (secondary N) is 1. The van der Waals surface area contributed by atoms with Gasteiger partial charge in [0.1, 0.15) is 13.0 Å². The normalized spacial score (nSPS) is 15.4. The highest BCUT2D eigenvalue weighted by Gasteiger charge is 2.17. The Morgan fingerprint density at radius 1 is 1.33 bits per heavy atom. The number of rotatable bonds is 4. The largest absolute Gasteiger partial charge is 0.333 e. The molecule has 1 aliphatic rings. The number of hydrogen-bond acceptors (Lipinski definition) is 4. The molecule has 5 nitrogen and oxygen atoms in total. The molecule has 0 bridgehead atoms. The van der Waals surface area contributed by atoms with Crippen molar-refractivity contribution in [3.05, 3.63) is 42.0 Å². The van der Waals surface area contributed by atoms with Crippen molar-refractivity contribution in [2.24, 2.45) is 5.10 Å². The van der Waals surface area contributed by atoms with E-state index in [0.717, 1.165) is 17.5 Å². The first-order valence-corrected chi connectivity index (χ1v) is 5.60. The molecule has 2 rings (SSSR count). The highest BCUT2D eigenvalue weighted by Crippen LogP contribution is 2.20. The summed E-state index contributed by atoms with van der Waals surface area (Å²) in [6.07, 6.45) is 4.04. The van der Waals surface area contributed by atoms with Crippen LogP contribution in [0.5, 0.6) is 0 Å². The van der Waals surface area contributed by atoms with Crippen LogP contribution in [0.15, 0.2) is 41.5 Å². The lowest BCUT2D eigenvalue weighted by molar-refractivity contribution is -0.117. The second-order valence-corrected chi connectivity index (χ2v) is 3.69. The summed E-state index contributed by atoms with van der Waals surface area (Å²) in [6, 6.07) is 9.53. The Balaban J connectivity index is 2.27. The first-order chi connectivity index (χ1) is 8.81. The summed E-state index contributed by atoms with van der Waals surface area (Å²) in [7, 11) is 0. The van der Waals surface area contributed by atoms with Gasteiger partial charge < -0.3 is 10.1 Å². The molecule has 0 aromatic heterocycles. The fourth-order valence-corrected chi connectivity index (χ4v) is 1.62. The zero-order valence-corrected chi connectivity index (χ0v) is 9.74. The highest BCUT2D eigenvalue weighted by atomic mass is 16.1. The zero-order chi connectivity index (χ0) is 12.8. The number of carbonyl (C=O) groups excluding carboxylic acids is 2. The summed E-state index contributed by atoms with van der Waals surface area (Å²) in [5.41, 5.74) is 1.64. The molecule has 0 spiro atoms. The van der Waals surface area contributed by atoms with Crippen molar-refractivity contribution in [2.45, 2.75) is 6.42 Å². The lowest BCUT2D eigenvalue weighted by Gasteiger charge is -2.26. The third kappa shape index (κ3) is 2.82. The fourth-order valence-electron chi connectivity index (χ4n) is 1.62. The van der Waals surface area contributed by atoms with Crippen LogP contribution in [-0.2, 0) is 9.59 Å². The molecule has 0 fully saturated rings. The van der Waals surface area contributed by atoms with Crippen molar-refractivity contribution in [3.63, 3.8) is 0 Å². The maximum Gasteiger partial charge on any atom is 0.247 e. The topological polar surface area (TPSA) is 61.8 Å². The van der Waals surface area contributed by atoms with Crippen LogP contribution in [0.2, 0.25) is 0 Å². The van der Waals surface area contributed by atoms with Gasteiger partial charge in [0, 0.05) is 24.3 Å². The number of carbonyl (C=O) groups is 2. The summed E-state index contributed by atoms with van der Waals surface area (Å²) in [5, 5.41) is 8.48. The van der Waals surface area contributed by atoms with Crippen LogP contribution in [0, 0.1) is 0 Å². The second-order valence-electron chi connectivity index (χ2n) is 3.69. The lowest BCUT2D eigenvalue weighted by Crippen LogP contribution is -2.38. The molecule has 0 unspecified atom stereocenters. The second kappa shape index (κ2) is 5.77. The van der Waals surface area contributed by atoms with E-state index in [9.17, 15) is 9.59 Å². The molecule has 5 heteroatoms. The minimum atomic E-state index is -0.143. The molecule has 0 radical (unpaired) electrons. The first kappa shape index (κ1) is 12.0. The predicted octanol–water partition coefficient (Wildman–Crippen LogP) is 0.992. The van der Waals surface area contributed by atoms with Crippen molar-refractivity contribution in [1.82, 2.24) is 10.3 Å². The third-order valence-electron chi connectivity index (χ3n) is 2.44. The highest BCUT2D eigenvalue weighted by molar-refractivity contribution is 5.96. The van der Waals surface area contributed by atoms with Gasteiger partial charge in [0.05, 0.1) is 5.70 Å². The predicted molar refractivity (Wildman–Crippen MR) is 68.4 cm³/mol. The van der Waals surface area contributed by atoms with Crippen molar-refractivity contribution < 1.29 is 9.59 Å². The molecule has 0 saturated carbocycles. The van der Waals surface area contributed by atoms with Gasteiger partial charge >= 0.3 is 0 Å². The molecule has 1 aromatic rings. The van der Waals surface area contributed by atoms with Gasteiger partial charge in [-0.15, -0.1) is 0 Å². The third-order valence-corrected chi connectivity index (χ3v) is 2.44. The van der Waals surface area contributed by atoms with Crippen molar-refractivity contribution in [1.29, 1.82) is 0 Å². The van der Waals surface area contributed by atoms with Crippen LogP contribution in [0.4, 0.5) is 0 Å². The van der Waals surface area contributed by atoms with E-state index < -0.39 is 0 Å². The number of aldehydes is 1. The van der Waals surface area contributed by atoms with E-state index in [4.69, 9.17) is 0 Å². The van der Waals surface area contributed by atoms with Gasteiger partial charge in [-0.05, 0) is 0 Å². The van der Waals surface area contributed by atoms with E-state index in [2.05, 4.69) is 10.4 Å².